The van der Waals surface area contributed by atoms with Crippen molar-refractivity contribution in [3.05, 3.63) is 33.8 Å². The largest absolute Gasteiger partial charge is 0.417 e. The van der Waals surface area contributed by atoms with Crippen molar-refractivity contribution in [1.82, 2.24) is 0 Å². The maximum atomic E-state index is 12.4. The lowest BCUT2D eigenvalue weighted by molar-refractivity contribution is -0.141. The fourth-order valence-corrected chi connectivity index (χ4v) is 1.92. The second kappa shape index (κ2) is 4.57. The summed E-state index contributed by atoms with van der Waals surface area (Å²) in [4.78, 5) is 0. The molecule has 0 aliphatic carbocycles. The molecule has 0 N–H and O–H groups in total. The maximum absolute atomic E-state index is 12.4. The Labute approximate surface area is 102 Å². The van der Waals surface area contributed by atoms with Gasteiger partial charge in [-0.05, 0) is 17.7 Å². The molecule has 0 aliphatic heterocycles. The maximum Gasteiger partial charge on any atom is 0.417 e. The van der Waals surface area contributed by atoms with Gasteiger partial charge in [-0.3, -0.25) is 0 Å². The Balaban J connectivity index is 3.49. The first-order chi connectivity index (χ1) is 7.59. The van der Waals surface area contributed by atoms with E-state index in [0.29, 0.717) is 12.1 Å². The lowest BCUT2D eigenvalue weighted by Crippen LogP contribution is -2.13. The van der Waals surface area contributed by atoms with Gasteiger partial charge in [-0.15, -0.1) is 11.6 Å². The Kier molecular flexibility index (Phi) is 3.88. The summed E-state index contributed by atoms with van der Waals surface area (Å²) in [5.74, 6) is -0.752. The molecule has 0 radical (unpaired) electrons. The summed E-state index contributed by atoms with van der Waals surface area (Å²) in [5.41, 5.74) is -3.36. The molecule has 0 aliphatic rings. The van der Waals surface area contributed by atoms with Gasteiger partial charge in [-0.1, -0.05) is 11.6 Å². The van der Waals surface area contributed by atoms with Crippen LogP contribution in [-0.2, 0) is 18.2 Å². The highest BCUT2D eigenvalue weighted by Gasteiger charge is 2.39. The molecular weight excluding hydrogens is 293 g/mol. The predicted octanol–water partition coefficient (Wildman–Crippen LogP) is 5.12. The average molecular weight is 297 g/mol. The van der Waals surface area contributed by atoms with Gasteiger partial charge in [0.1, 0.15) is 0 Å². The summed E-state index contributed by atoms with van der Waals surface area (Å²) >= 11 is 10.5. The summed E-state index contributed by atoms with van der Waals surface area (Å²) in [6.45, 7) is 0. The molecule has 17 heavy (non-hydrogen) atoms. The summed E-state index contributed by atoms with van der Waals surface area (Å²) in [6.07, 6.45) is -9.61. The van der Waals surface area contributed by atoms with Crippen molar-refractivity contribution in [3.63, 3.8) is 0 Å². The Morgan fingerprint density at radius 2 is 1.29 bits per heavy atom. The molecule has 0 unspecified atom stereocenters. The van der Waals surface area contributed by atoms with Gasteiger partial charge in [0.2, 0.25) is 0 Å². The highest BCUT2D eigenvalue weighted by molar-refractivity contribution is 6.33. The van der Waals surface area contributed by atoms with Crippen LogP contribution in [0.5, 0.6) is 0 Å². The number of hydrogen-bond acceptors (Lipinski definition) is 0. The average Bonchev–Trinajstić information content (AvgIpc) is 2.13. The quantitative estimate of drug-likeness (QED) is 0.499. The number of benzene rings is 1. The molecule has 0 saturated heterocycles. The van der Waals surface area contributed by atoms with Crippen molar-refractivity contribution in [2.24, 2.45) is 0 Å². The van der Waals surface area contributed by atoms with Crippen LogP contribution in [0.2, 0.25) is 5.02 Å². The molecule has 0 amide bonds. The van der Waals surface area contributed by atoms with E-state index in [-0.39, 0.29) is 0 Å². The molecule has 1 aromatic rings. The third-order valence-electron chi connectivity index (χ3n) is 1.99. The van der Waals surface area contributed by atoms with Gasteiger partial charge in [0.25, 0.3) is 0 Å². The minimum atomic E-state index is -4.82. The van der Waals surface area contributed by atoms with Gasteiger partial charge in [0.15, 0.2) is 0 Å². The van der Waals surface area contributed by atoms with E-state index in [0.717, 1.165) is 0 Å². The first-order valence-electron chi connectivity index (χ1n) is 4.10. The van der Waals surface area contributed by atoms with Gasteiger partial charge in [0.05, 0.1) is 16.1 Å². The third kappa shape index (κ3) is 2.98. The van der Waals surface area contributed by atoms with Crippen molar-refractivity contribution in [2.45, 2.75) is 18.2 Å². The van der Waals surface area contributed by atoms with Gasteiger partial charge >= 0.3 is 12.4 Å². The normalized spacial score (nSPS) is 12.9. The van der Waals surface area contributed by atoms with Crippen molar-refractivity contribution in [3.8, 4) is 0 Å². The summed E-state index contributed by atoms with van der Waals surface area (Å²) in [7, 11) is 0. The van der Waals surface area contributed by atoms with E-state index < -0.39 is 39.9 Å². The van der Waals surface area contributed by atoms with E-state index in [2.05, 4.69) is 0 Å². The molecule has 0 fully saturated rings. The highest BCUT2D eigenvalue weighted by Crippen LogP contribution is 2.42. The number of rotatable bonds is 1. The van der Waals surface area contributed by atoms with Crippen LogP contribution in [0.3, 0.4) is 0 Å². The van der Waals surface area contributed by atoms with Crippen molar-refractivity contribution >= 4 is 23.2 Å². The molecule has 96 valence electrons. The van der Waals surface area contributed by atoms with Crippen LogP contribution in [0.4, 0.5) is 26.3 Å². The molecule has 0 saturated carbocycles. The molecular formula is C9H4Cl2F6. The Hall–Kier alpha value is -0.620. The second-order valence-corrected chi connectivity index (χ2v) is 3.73. The minimum absolute atomic E-state index is 0.293. The topological polar surface area (TPSA) is 0 Å². The first-order valence-corrected chi connectivity index (χ1v) is 5.02. The van der Waals surface area contributed by atoms with Crippen LogP contribution < -0.4 is 0 Å². The zero-order valence-corrected chi connectivity index (χ0v) is 9.40. The van der Waals surface area contributed by atoms with Crippen LogP contribution in [0.15, 0.2) is 12.1 Å². The third-order valence-corrected chi connectivity index (χ3v) is 2.69. The smallest absolute Gasteiger partial charge is 0.166 e. The van der Waals surface area contributed by atoms with Crippen LogP contribution in [-0.4, -0.2) is 0 Å². The van der Waals surface area contributed by atoms with Crippen molar-refractivity contribution in [2.75, 3.05) is 0 Å². The summed E-state index contributed by atoms with van der Waals surface area (Å²) in [5, 5.41) is -1.01. The second-order valence-electron chi connectivity index (χ2n) is 3.08. The molecule has 1 aromatic carbocycles. The van der Waals surface area contributed by atoms with E-state index in [1.54, 1.807) is 0 Å². The summed E-state index contributed by atoms with van der Waals surface area (Å²) in [6, 6.07) is 0.619. The van der Waals surface area contributed by atoms with Crippen LogP contribution in [0.25, 0.3) is 0 Å². The minimum Gasteiger partial charge on any atom is -0.166 e. The summed E-state index contributed by atoms with van der Waals surface area (Å²) < 4.78 is 74.5. The van der Waals surface area contributed by atoms with E-state index in [9.17, 15) is 26.3 Å². The molecule has 0 heterocycles. The first kappa shape index (κ1) is 14.4. The number of alkyl halides is 7. The molecule has 0 atom stereocenters. The van der Waals surface area contributed by atoms with Crippen molar-refractivity contribution in [1.29, 1.82) is 0 Å². The van der Waals surface area contributed by atoms with E-state index in [1.165, 1.54) is 0 Å². The molecule has 0 nitrogen and oxygen atoms in total. The molecule has 0 spiro atoms. The lowest BCUT2D eigenvalue weighted by atomic mass is 10.0. The van der Waals surface area contributed by atoms with E-state index in [1.807, 2.05) is 0 Å². The number of halogens is 8. The Bertz CT molecular complexity index is 421. The Morgan fingerprint density at radius 1 is 0.882 bits per heavy atom. The zero-order chi connectivity index (χ0) is 13.4. The monoisotopic (exact) mass is 296 g/mol. The van der Waals surface area contributed by atoms with E-state index in [4.69, 9.17) is 23.2 Å². The van der Waals surface area contributed by atoms with Crippen molar-refractivity contribution < 1.29 is 26.3 Å². The van der Waals surface area contributed by atoms with Crippen LogP contribution in [0, 0.1) is 0 Å². The predicted molar refractivity (Wildman–Crippen MR) is 51.0 cm³/mol. The SMILES string of the molecule is FC(F)(F)c1ccc(C(F)(F)F)c(CCl)c1Cl. The standard InChI is InChI=1S/C9H4Cl2F6/c10-3-4-5(8(12,13)14)1-2-6(7(4)11)9(15,16)17/h1-2H,3H2. The van der Waals surface area contributed by atoms with Gasteiger partial charge in [0, 0.05) is 5.88 Å². The Morgan fingerprint density at radius 3 is 1.65 bits per heavy atom. The molecule has 8 heteroatoms. The molecule has 0 bridgehead atoms. The van der Waals surface area contributed by atoms with Crippen LogP contribution >= 0.6 is 23.2 Å². The fraction of sp³-hybridized carbons (Fsp3) is 0.333. The molecule has 0 aromatic heterocycles. The lowest BCUT2D eigenvalue weighted by Gasteiger charge is -2.16. The van der Waals surface area contributed by atoms with E-state index >= 15 is 0 Å². The van der Waals surface area contributed by atoms with Crippen LogP contribution in [0.1, 0.15) is 16.7 Å². The van der Waals surface area contributed by atoms with Gasteiger partial charge in [-0.2, -0.15) is 26.3 Å². The highest BCUT2D eigenvalue weighted by atomic mass is 35.5. The number of hydrogen-bond donors (Lipinski definition) is 0. The van der Waals surface area contributed by atoms with Gasteiger partial charge < -0.3 is 0 Å². The zero-order valence-electron chi connectivity index (χ0n) is 7.89. The molecule has 1 rings (SSSR count). The van der Waals surface area contributed by atoms with Gasteiger partial charge in [-0.25, -0.2) is 0 Å². The fourth-order valence-electron chi connectivity index (χ4n) is 1.24.